The van der Waals surface area contributed by atoms with Crippen molar-refractivity contribution in [2.75, 3.05) is 13.2 Å². The maximum atomic E-state index is 12.8. The van der Waals surface area contributed by atoms with Crippen LogP contribution in [0.25, 0.3) is 0 Å². The van der Waals surface area contributed by atoms with Crippen molar-refractivity contribution in [3.05, 3.63) is 24.3 Å². The lowest BCUT2D eigenvalue weighted by Crippen LogP contribution is -2.30. The van der Waals surface area contributed by atoms with Crippen LogP contribution in [-0.4, -0.2) is 37.2 Å². The maximum Gasteiger partial charge on any atom is 0.306 e. The molecule has 364 valence electrons. The fourth-order valence-corrected chi connectivity index (χ4v) is 8.06. The predicted molar refractivity (Wildman–Crippen MR) is 266 cm³/mol. The SMILES string of the molecule is CCCCC/C=C\C/C=C\CCCCCCCC(=O)OC(COC(=O)CCCCCCCCCCCC)COC(=O)CCCCCCCCCCCCCCCCCCCCC. The Kier molecular flexibility index (Phi) is 49.8. The number of carbonyl (C=O) groups excluding carboxylic acids is 3. The number of unbranched alkanes of at least 4 members (excludes halogenated alkanes) is 35. The van der Waals surface area contributed by atoms with Crippen LogP contribution >= 0.6 is 0 Å². The van der Waals surface area contributed by atoms with Gasteiger partial charge in [0.05, 0.1) is 0 Å². The van der Waals surface area contributed by atoms with E-state index in [-0.39, 0.29) is 31.1 Å². The molecule has 6 heteroatoms. The summed E-state index contributed by atoms with van der Waals surface area (Å²) in [7, 11) is 0. The van der Waals surface area contributed by atoms with Gasteiger partial charge in [0.2, 0.25) is 0 Å². The summed E-state index contributed by atoms with van der Waals surface area (Å²) < 4.78 is 16.8. The summed E-state index contributed by atoms with van der Waals surface area (Å²) in [6.45, 7) is 6.63. The summed E-state index contributed by atoms with van der Waals surface area (Å²) in [5, 5.41) is 0. The van der Waals surface area contributed by atoms with Crippen LogP contribution in [0.4, 0.5) is 0 Å². The first-order chi connectivity index (χ1) is 30.5. The second kappa shape index (κ2) is 51.5. The standard InChI is InChI=1S/C56H104O6/c1-4-7-10-13-16-19-22-24-26-27-28-29-31-32-34-37-40-43-46-49-55(58)61-52-53(51-60-54(57)48-45-42-39-36-21-18-15-12-9-6-3)62-56(59)50-47-44-41-38-35-33-30-25-23-20-17-14-11-8-5-2/h17,20,25,30,53H,4-16,18-19,21-24,26-29,31-52H2,1-3H3/b20-17-,30-25-. The average molecular weight is 873 g/mol. The summed E-state index contributed by atoms with van der Waals surface area (Å²) in [4.78, 5) is 38.0. The van der Waals surface area contributed by atoms with Gasteiger partial charge in [-0.3, -0.25) is 14.4 Å². The fourth-order valence-electron chi connectivity index (χ4n) is 8.06. The van der Waals surface area contributed by atoms with E-state index in [1.54, 1.807) is 0 Å². The maximum absolute atomic E-state index is 12.8. The lowest BCUT2D eigenvalue weighted by atomic mass is 10.0. The second-order valence-corrected chi connectivity index (χ2v) is 18.5. The Morgan fingerprint density at radius 2 is 0.581 bits per heavy atom. The third-order valence-corrected chi connectivity index (χ3v) is 12.2. The zero-order valence-electron chi connectivity index (χ0n) is 41.7. The first-order valence-electron chi connectivity index (χ1n) is 27.3. The van der Waals surface area contributed by atoms with Crippen LogP contribution in [0.1, 0.15) is 297 Å². The molecule has 0 aromatic rings. The van der Waals surface area contributed by atoms with Gasteiger partial charge in [0, 0.05) is 19.3 Å². The average Bonchev–Trinajstić information content (AvgIpc) is 3.27. The van der Waals surface area contributed by atoms with E-state index in [4.69, 9.17) is 14.2 Å². The minimum Gasteiger partial charge on any atom is -0.462 e. The van der Waals surface area contributed by atoms with Gasteiger partial charge in [-0.25, -0.2) is 0 Å². The highest BCUT2D eigenvalue weighted by molar-refractivity contribution is 5.71. The van der Waals surface area contributed by atoms with Gasteiger partial charge in [-0.05, 0) is 51.4 Å². The van der Waals surface area contributed by atoms with Crippen molar-refractivity contribution >= 4 is 17.9 Å². The molecule has 0 aliphatic rings. The molecule has 0 radical (unpaired) electrons. The van der Waals surface area contributed by atoms with Crippen molar-refractivity contribution in [2.24, 2.45) is 0 Å². The van der Waals surface area contributed by atoms with E-state index in [9.17, 15) is 14.4 Å². The Hall–Kier alpha value is -2.11. The first-order valence-corrected chi connectivity index (χ1v) is 27.3. The first kappa shape index (κ1) is 59.9. The smallest absolute Gasteiger partial charge is 0.306 e. The highest BCUT2D eigenvalue weighted by Gasteiger charge is 2.19. The van der Waals surface area contributed by atoms with Gasteiger partial charge in [0.15, 0.2) is 6.10 Å². The number of rotatable bonds is 50. The van der Waals surface area contributed by atoms with Gasteiger partial charge in [0.25, 0.3) is 0 Å². The number of ether oxygens (including phenoxy) is 3. The predicted octanol–water partition coefficient (Wildman–Crippen LogP) is 17.9. The molecular formula is C56H104O6. The Morgan fingerprint density at radius 1 is 0.323 bits per heavy atom. The van der Waals surface area contributed by atoms with Crippen LogP contribution in [0, 0.1) is 0 Å². The van der Waals surface area contributed by atoms with E-state index in [1.807, 2.05) is 0 Å². The van der Waals surface area contributed by atoms with Crippen LogP contribution in [0.2, 0.25) is 0 Å². The molecule has 1 atom stereocenters. The molecule has 6 nitrogen and oxygen atoms in total. The molecular weight excluding hydrogens is 769 g/mol. The second-order valence-electron chi connectivity index (χ2n) is 18.5. The molecule has 0 aliphatic carbocycles. The summed E-state index contributed by atoms with van der Waals surface area (Å²) in [6, 6.07) is 0. The van der Waals surface area contributed by atoms with E-state index in [2.05, 4.69) is 45.1 Å². The number of esters is 3. The van der Waals surface area contributed by atoms with Crippen LogP contribution in [-0.2, 0) is 28.6 Å². The quantitative estimate of drug-likeness (QED) is 0.0262. The monoisotopic (exact) mass is 873 g/mol. The van der Waals surface area contributed by atoms with Crippen molar-refractivity contribution in [1.82, 2.24) is 0 Å². The molecule has 0 rings (SSSR count). The molecule has 0 fully saturated rings. The Balaban J connectivity index is 4.28. The highest BCUT2D eigenvalue weighted by atomic mass is 16.6. The fraction of sp³-hybridized carbons (Fsp3) is 0.875. The van der Waals surface area contributed by atoms with Crippen LogP contribution in [0.3, 0.4) is 0 Å². The van der Waals surface area contributed by atoms with Gasteiger partial charge in [-0.2, -0.15) is 0 Å². The minimum atomic E-state index is -0.772. The van der Waals surface area contributed by atoms with Crippen LogP contribution < -0.4 is 0 Å². The van der Waals surface area contributed by atoms with Gasteiger partial charge < -0.3 is 14.2 Å². The van der Waals surface area contributed by atoms with E-state index in [0.29, 0.717) is 19.3 Å². The lowest BCUT2D eigenvalue weighted by Gasteiger charge is -2.18. The van der Waals surface area contributed by atoms with Crippen LogP contribution in [0.5, 0.6) is 0 Å². The van der Waals surface area contributed by atoms with Crippen molar-refractivity contribution < 1.29 is 28.6 Å². The number of hydrogen-bond acceptors (Lipinski definition) is 6. The lowest BCUT2D eigenvalue weighted by molar-refractivity contribution is -0.167. The Labute approximate surface area is 385 Å². The zero-order chi connectivity index (χ0) is 45.1. The van der Waals surface area contributed by atoms with Crippen molar-refractivity contribution in [1.29, 1.82) is 0 Å². The van der Waals surface area contributed by atoms with Gasteiger partial charge >= 0.3 is 17.9 Å². The van der Waals surface area contributed by atoms with E-state index in [0.717, 1.165) is 77.0 Å². The summed E-state index contributed by atoms with van der Waals surface area (Å²) in [5.74, 6) is -0.871. The number of carbonyl (C=O) groups is 3. The molecule has 0 heterocycles. The summed E-state index contributed by atoms with van der Waals surface area (Å²) >= 11 is 0. The zero-order valence-corrected chi connectivity index (χ0v) is 41.7. The number of allylic oxidation sites excluding steroid dienone is 4. The van der Waals surface area contributed by atoms with E-state index >= 15 is 0 Å². The third-order valence-electron chi connectivity index (χ3n) is 12.2. The Bertz CT molecular complexity index is 1000. The molecule has 1 unspecified atom stereocenters. The molecule has 0 amide bonds. The summed E-state index contributed by atoms with van der Waals surface area (Å²) in [6.07, 6.45) is 58.8. The van der Waals surface area contributed by atoms with Gasteiger partial charge in [-0.1, -0.05) is 251 Å². The molecule has 0 spiro atoms. The van der Waals surface area contributed by atoms with Gasteiger partial charge in [-0.15, -0.1) is 0 Å². The molecule has 0 aliphatic heterocycles. The topological polar surface area (TPSA) is 78.9 Å². The minimum absolute atomic E-state index is 0.0720. The molecule has 62 heavy (non-hydrogen) atoms. The molecule has 0 aromatic heterocycles. The van der Waals surface area contributed by atoms with Crippen LogP contribution in [0.15, 0.2) is 24.3 Å². The summed E-state index contributed by atoms with van der Waals surface area (Å²) in [5.41, 5.74) is 0. The van der Waals surface area contributed by atoms with Crippen molar-refractivity contribution in [2.45, 2.75) is 303 Å². The Morgan fingerprint density at radius 3 is 0.919 bits per heavy atom. The normalized spacial score (nSPS) is 12.1. The van der Waals surface area contributed by atoms with Crippen molar-refractivity contribution in [3.63, 3.8) is 0 Å². The van der Waals surface area contributed by atoms with E-state index < -0.39 is 6.10 Å². The van der Waals surface area contributed by atoms with Crippen molar-refractivity contribution in [3.8, 4) is 0 Å². The van der Waals surface area contributed by atoms with Gasteiger partial charge in [0.1, 0.15) is 13.2 Å². The molecule has 0 bridgehead atoms. The molecule has 0 saturated carbocycles. The third kappa shape index (κ3) is 48.9. The molecule has 0 saturated heterocycles. The van der Waals surface area contributed by atoms with E-state index in [1.165, 1.54) is 180 Å². The molecule has 0 N–H and O–H groups in total. The number of hydrogen-bond donors (Lipinski definition) is 0. The largest absolute Gasteiger partial charge is 0.462 e. The molecule has 0 aromatic carbocycles. The highest BCUT2D eigenvalue weighted by Crippen LogP contribution is 2.16.